The highest BCUT2D eigenvalue weighted by Gasteiger charge is 2.31. The number of imidazole rings is 1. The second-order valence-electron chi connectivity index (χ2n) is 4.76. The van der Waals surface area contributed by atoms with Gasteiger partial charge in [0, 0.05) is 14.1 Å². The number of hydrogen-bond acceptors (Lipinski definition) is 4. The van der Waals surface area contributed by atoms with Gasteiger partial charge in [-0.15, -0.1) is 0 Å². The quantitative estimate of drug-likeness (QED) is 0.906. The monoisotopic (exact) mass is 316 g/mol. The van der Waals surface area contributed by atoms with E-state index in [1.807, 2.05) is 0 Å². The van der Waals surface area contributed by atoms with Crippen LogP contribution in [0.15, 0.2) is 6.33 Å². The van der Waals surface area contributed by atoms with Gasteiger partial charge in [-0.25, -0.2) is 14.6 Å². The standard InChI is InChI=1S/C12H15F3N6O/c1-7-10(20(3)6-17-7)11-18-8(4-9(22)16-2)19-21(11)5-12(13,14)15/h6H,4-5H2,1-3H3,(H,16,22). The summed E-state index contributed by atoms with van der Waals surface area (Å²) < 4.78 is 40.5. The molecule has 2 heterocycles. The van der Waals surface area contributed by atoms with E-state index in [0.29, 0.717) is 11.4 Å². The summed E-state index contributed by atoms with van der Waals surface area (Å²) in [7, 11) is 3.08. The Bertz CT molecular complexity index is 668. The summed E-state index contributed by atoms with van der Waals surface area (Å²) in [6.45, 7) is 0.383. The fourth-order valence-corrected chi connectivity index (χ4v) is 2.02. The first-order chi connectivity index (χ1) is 10.2. The van der Waals surface area contributed by atoms with Gasteiger partial charge in [-0.1, -0.05) is 0 Å². The van der Waals surface area contributed by atoms with Gasteiger partial charge in [-0.3, -0.25) is 4.79 Å². The van der Waals surface area contributed by atoms with Crippen LogP contribution in [0.2, 0.25) is 0 Å². The minimum absolute atomic E-state index is 0.0270. The molecule has 0 saturated carbocycles. The molecule has 0 fully saturated rings. The minimum Gasteiger partial charge on any atom is -0.359 e. The molecule has 0 aliphatic carbocycles. The molecule has 22 heavy (non-hydrogen) atoms. The SMILES string of the molecule is CNC(=O)Cc1nc(-c2c(C)ncn2C)n(CC(F)(F)F)n1. The van der Waals surface area contributed by atoms with Crippen molar-refractivity contribution < 1.29 is 18.0 Å². The van der Waals surface area contributed by atoms with Crippen molar-refractivity contribution >= 4 is 5.91 Å². The Morgan fingerprint density at radius 2 is 2.09 bits per heavy atom. The molecule has 0 unspecified atom stereocenters. The lowest BCUT2D eigenvalue weighted by Gasteiger charge is -2.09. The Morgan fingerprint density at radius 3 is 2.59 bits per heavy atom. The van der Waals surface area contributed by atoms with Crippen LogP contribution in [0, 0.1) is 6.92 Å². The molecule has 1 amide bonds. The number of nitrogens with one attached hydrogen (secondary N) is 1. The predicted octanol–water partition coefficient (Wildman–Crippen LogP) is 0.838. The summed E-state index contributed by atoms with van der Waals surface area (Å²) in [5.74, 6) is -0.314. The average Bonchev–Trinajstić information content (AvgIpc) is 2.91. The molecule has 0 saturated heterocycles. The van der Waals surface area contributed by atoms with Crippen LogP contribution in [0.4, 0.5) is 13.2 Å². The summed E-state index contributed by atoms with van der Waals surface area (Å²) in [6.07, 6.45) is -3.15. The van der Waals surface area contributed by atoms with E-state index in [4.69, 9.17) is 0 Å². The lowest BCUT2D eigenvalue weighted by molar-refractivity contribution is -0.142. The van der Waals surface area contributed by atoms with E-state index in [1.54, 1.807) is 18.5 Å². The summed E-state index contributed by atoms with van der Waals surface area (Å²) in [6, 6.07) is 0. The third-order valence-corrected chi connectivity index (χ3v) is 2.97. The number of carbonyl (C=O) groups is 1. The van der Waals surface area contributed by atoms with Crippen LogP contribution < -0.4 is 5.32 Å². The third-order valence-electron chi connectivity index (χ3n) is 2.97. The number of nitrogens with zero attached hydrogens (tertiary/aromatic N) is 5. The van der Waals surface area contributed by atoms with E-state index in [1.165, 1.54) is 13.4 Å². The molecule has 2 rings (SSSR count). The highest BCUT2D eigenvalue weighted by atomic mass is 19.4. The Kier molecular flexibility index (Phi) is 4.20. The van der Waals surface area contributed by atoms with Gasteiger partial charge in [0.25, 0.3) is 0 Å². The van der Waals surface area contributed by atoms with Gasteiger partial charge in [0.15, 0.2) is 11.6 Å². The largest absolute Gasteiger partial charge is 0.408 e. The molecule has 0 atom stereocenters. The van der Waals surface area contributed by atoms with Crippen molar-refractivity contribution in [1.29, 1.82) is 0 Å². The van der Waals surface area contributed by atoms with Crippen molar-refractivity contribution in [3.05, 3.63) is 17.8 Å². The van der Waals surface area contributed by atoms with Gasteiger partial charge in [-0.2, -0.15) is 18.3 Å². The van der Waals surface area contributed by atoms with Crippen molar-refractivity contribution in [2.45, 2.75) is 26.1 Å². The number of alkyl halides is 3. The van der Waals surface area contributed by atoms with Crippen molar-refractivity contribution in [2.24, 2.45) is 7.05 Å². The van der Waals surface area contributed by atoms with Crippen LogP contribution in [-0.4, -0.2) is 43.4 Å². The van der Waals surface area contributed by atoms with Crippen LogP contribution in [0.3, 0.4) is 0 Å². The molecular formula is C12H15F3N6O. The molecule has 0 aliphatic rings. The number of hydrogen-bond donors (Lipinski definition) is 1. The molecule has 1 N–H and O–H groups in total. The minimum atomic E-state index is -4.45. The Morgan fingerprint density at radius 1 is 1.41 bits per heavy atom. The first-order valence-electron chi connectivity index (χ1n) is 6.40. The van der Waals surface area contributed by atoms with Gasteiger partial charge >= 0.3 is 6.18 Å². The van der Waals surface area contributed by atoms with E-state index in [2.05, 4.69) is 20.4 Å². The zero-order valence-corrected chi connectivity index (χ0v) is 12.3. The van der Waals surface area contributed by atoms with Gasteiger partial charge < -0.3 is 9.88 Å². The molecule has 120 valence electrons. The zero-order valence-electron chi connectivity index (χ0n) is 12.3. The van der Waals surface area contributed by atoms with E-state index >= 15 is 0 Å². The van der Waals surface area contributed by atoms with Crippen LogP contribution in [-0.2, 0) is 24.8 Å². The average molecular weight is 316 g/mol. The van der Waals surface area contributed by atoms with E-state index in [0.717, 1.165) is 4.68 Å². The smallest absolute Gasteiger partial charge is 0.359 e. The van der Waals surface area contributed by atoms with Gasteiger partial charge in [-0.05, 0) is 6.92 Å². The first-order valence-corrected chi connectivity index (χ1v) is 6.40. The number of halogens is 3. The lowest BCUT2D eigenvalue weighted by Crippen LogP contribution is -2.22. The summed E-state index contributed by atoms with van der Waals surface area (Å²) in [4.78, 5) is 19.5. The van der Waals surface area contributed by atoms with E-state index in [9.17, 15) is 18.0 Å². The number of rotatable bonds is 4. The van der Waals surface area contributed by atoms with Crippen LogP contribution in [0.5, 0.6) is 0 Å². The fourth-order valence-electron chi connectivity index (χ4n) is 2.02. The second-order valence-corrected chi connectivity index (χ2v) is 4.76. The normalized spacial score (nSPS) is 11.7. The molecule has 2 aromatic heterocycles. The van der Waals surface area contributed by atoms with Crippen molar-refractivity contribution in [2.75, 3.05) is 7.05 Å². The molecule has 2 aromatic rings. The number of amides is 1. The first kappa shape index (κ1) is 16.0. The fraction of sp³-hybridized carbons (Fsp3) is 0.500. The number of carbonyl (C=O) groups excluding carboxylic acids is 1. The maximum absolute atomic E-state index is 12.7. The third kappa shape index (κ3) is 3.43. The summed E-state index contributed by atoms with van der Waals surface area (Å²) >= 11 is 0. The Labute approximate surface area is 124 Å². The van der Waals surface area contributed by atoms with Crippen molar-refractivity contribution in [3.63, 3.8) is 0 Å². The number of aromatic nitrogens is 5. The second kappa shape index (κ2) is 5.78. The predicted molar refractivity (Wildman–Crippen MR) is 70.8 cm³/mol. The number of aryl methyl sites for hydroxylation is 2. The lowest BCUT2D eigenvalue weighted by atomic mass is 10.3. The van der Waals surface area contributed by atoms with Gasteiger partial charge in [0.05, 0.1) is 18.4 Å². The summed E-state index contributed by atoms with van der Waals surface area (Å²) in [5, 5.41) is 6.19. The maximum Gasteiger partial charge on any atom is 0.408 e. The van der Waals surface area contributed by atoms with Crippen LogP contribution in [0.25, 0.3) is 11.5 Å². The Hall–Kier alpha value is -2.39. The zero-order chi connectivity index (χ0) is 16.5. The van der Waals surface area contributed by atoms with E-state index < -0.39 is 12.7 Å². The van der Waals surface area contributed by atoms with E-state index in [-0.39, 0.29) is 24.0 Å². The van der Waals surface area contributed by atoms with Crippen LogP contribution >= 0.6 is 0 Å². The molecule has 7 nitrogen and oxygen atoms in total. The van der Waals surface area contributed by atoms with Crippen LogP contribution in [0.1, 0.15) is 11.5 Å². The maximum atomic E-state index is 12.7. The molecule has 0 aliphatic heterocycles. The summed E-state index contributed by atoms with van der Waals surface area (Å²) in [5.41, 5.74) is 0.963. The van der Waals surface area contributed by atoms with Gasteiger partial charge in [0.2, 0.25) is 5.91 Å². The molecule has 0 bridgehead atoms. The molecule has 0 spiro atoms. The highest BCUT2D eigenvalue weighted by Crippen LogP contribution is 2.24. The van der Waals surface area contributed by atoms with Crippen molar-refractivity contribution in [1.82, 2.24) is 29.6 Å². The molecular weight excluding hydrogens is 301 g/mol. The van der Waals surface area contributed by atoms with Gasteiger partial charge in [0.1, 0.15) is 12.2 Å². The number of likely N-dealkylation sites (N-methyl/N-ethyl adjacent to an activating group) is 1. The Balaban J connectivity index is 2.48. The van der Waals surface area contributed by atoms with Crippen molar-refractivity contribution in [3.8, 4) is 11.5 Å². The molecule has 10 heteroatoms. The molecule has 0 radical (unpaired) electrons. The highest BCUT2D eigenvalue weighted by molar-refractivity contribution is 5.77. The topological polar surface area (TPSA) is 77.6 Å². The molecule has 0 aromatic carbocycles.